The normalized spacial score (nSPS) is 20.4. The number of anilines is 1. The summed E-state index contributed by atoms with van der Waals surface area (Å²) < 4.78 is 0. The van der Waals surface area contributed by atoms with Gasteiger partial charge in [-0.2, -0.15) is 0 Å². The molecule has 0 aliphatic carbocycles. The maximum atomic E-state index is 10.9. The van der Waals surface area contributed by atoms with E-state index in [0.717, 1.165) is 36.8 Å². The standard InChI is InChI=1S/C15H23N3O2/c1-12-4-3-8-17(9-7-12)11-13-10-14(18(19)20)5-6-15(13)16-2/h5-6,10,12,16H,3-4,7-9,11H2,1-2H3. The lowest BCUT2D eigenvalue weighted by atomic mass is 10.0. The van der Waals surface area contributed by atoms with Gasteiger partial charge < -0.3 is 5.32 Å². The van der Waals surface area contributed by atoms with Crippen molar-refractivity contribution in [3.05, 3.63) is 33.9 Å². The molecule has 1 aliphatic rings. The first-order chi connectivity index (χ1) is 9.60. The molecule has 0 radical (unpaired) electrons. The van der Waals surface area contributed by atoms with E-state index in [-0.39, 0.29) is 10.6 Å². The van der Waals surface area contributed by atoms with E-state index in [0.29, 0.717) is 0 Å². The summed E-state index contributed by atoms with van der Waals surface area (Å²) in [6.07, 6.45) is 3.71. The first kappa shape index (κ1) is 14.8. The van der Waals surface area contributed by atoms with Gasteiger partial charge in [-0.1, -0.05) is 6.92 Å². The third-order valence-corrected chi connectivity index (χ3v) is 4.07. The number of benzene rings is 1. The summed E-state index contributed by atoms with van der Waals surface area (Å²) in [5.74, 6) is 0.786. The SMILES string of the molecule is CNc1ccc([N+](=O)[O-])cc1CN1CCCC(C)CC1. The van der Waals surface area contributed by atoms with Gasteiger partial charge >= 0.3 is 0 Å². The number of nitro benzene ring substituents is 1. The lowest BCUT2D eigenvalue weighted by molar-refractivity contribution is -0.384. The van der Waals surface area contributed by atoms with Crippen molar-refractivity contribution < 1.29 is 4.92 Å². The van der Waals surface area contributed by atoms with Crippen molar-refractivity contribution in [1.82, 2.24) is 4.90 Å². The van der Waals surface area contributed by atoms with Gasteiger partial charge in [0.15, 0.2) is 0 Å². The van der Waals surface area contributed by atoms with Crippen LogP contribution in [0.25, 0.3) is 0 Å². The van der Waals surface area contributed by atoms with Crippen molar-refractivity contribution in [1.29, 1.82) is 0 Å². The van der Waals surface area contributed by atoms with Crippen molar-refractivity contribution >= 4 is 11.4 Å². The van der Waals surface area contributed by atoms with Gasteiger partial charge in [-0.15, -0.1) is 0 Å². The molecule has 20 heavy (non-hydrogen) atoms. The largest absolute Gasteiger partial charge is 0.388 e. The summed E-state index contributed by atoms with van der Waals surface area (Å²) in [4.78, 5) is 13.0. The van der Waals surface area contributed by atoms with Gasteiger partial charge in [0, 0.05) is 31.4 Å². The Morgan fingerprint density at radius 1 is 1.40 bits per heavy atom. The first-order valence-electron chi connectivity index (χ1n) is 7.27. The molecule has 1 aliphatic heterocycles. The highest BCUT2D eigenvalue weighted by Gasteiger charge is 2.17. The van der Waals surface area contributed by atoms with Crippen LogP contribution in [-0.4, -0.2) is 30.0 Å². The molecule has 5 nitrogen and oxygen atoms in total. The molecule has 5 heteroatoms. The van der Waals surface area contributed by atoms with Gasteiger partial charge in [0.25, 0.3) is 5.69 Å². The van der Waals surface area contributed by atoms with Crippen LogP contribution in [0, 0.1) is 16.0 Å². The Bertz CT molecular complexity index is 476. The third-order valence-electron chi connectivity index (χ3n) is 4.07. The summed E-state index contributed by atoms with van der Waals surface area (Å²) in [6, 6.07) is 5.05. The Hall–Kier alpha value is -1.62. The Kier molecular flexibility index (Phi) is 4.95. The third kappa shape index (κ3) is 3.70. The average molecular weight is 277 g/mol. The fourth-order valence-corrected chi connectivity index (χ4v) is 2.79. The minimum atomic E-state index is -0.326. The van der Waals surface area contributed by atoms with E-state index in [9.17, 15) is 10.1 Å². The van der Waals surface area contributed by atoms with Gasteiger partial charge in [0.1, 0.15) is 0 Å². The molecule has 0 bridgehead atoms. The predicted molar refractivity (Wildman–Crippen MR) is 80.9 cm³/mol. The molecule has 1 heterocycles. The summed E-state index contributed by atoms with van der Waals surface area (Å²) >= 11 is 0. The number of nitrogens with zero attached hydrogens (tertiary/aromatic N) is 2. The smallest absolute Gasteiger partial charge is 0.269 e. The minimum Gasteiger partial charge on any atom is -0.388 e. The van der Waals surface area contributed by atoms with Crippen LogP contribution >= 0.6 is 0 Å². The first-order valence-corrected chi connectivity index (χ1v) is 7.27. The molecule has 1 N–H and O–H groups in total. The molecule has 2 rings (SSSR count). The molecule has 1 aromatic rings. The monoisotopic (exact) mass is 277 g/mol. The number of hydrogen-bond acceptors (Lipinski definition) is 4. The van der Waals surface area contributed by atoms with Crippen LogP contribution in [0.3, 0.4) is 0 Å². The van der Waals surface area contributed by atoms with Crippen LogP contribution in [0.4, 0.5) is 11.4 Å². The van der Waals surface area contributed by atoms with Crippen molar-refractivity contribution in [2.24, 2.45) is 5.92 Å². The maximum absolute atomic E-state index is 10.9. The van der Waals surface area contributed by atoms with Gasteiger partial charge in [-0.3, -0.25) is 15.0 Å². The van der Waals surface area contributed by atoms with E-state index in [1.54, 1.807) is 18.2 Å². The van der Waals surface area contributed by atoms with Crippen LogP contribution in [0.5, 0.6) is 0 Å². The van der Waals surface area contributed by atoms with Crippen molar-refractivity contribution in [2.75, 3.05) is 25.5 Å². The lowest BCUT2D eigenvalue weighted by Gasteiger charge is -2.21. The highest BCUT2D eigenvalue weighted by molar-refractivity contribution is 5.55. The summed E-state index contributed by atoms with van der Waals surface area (Å²) in [6.45, 7) is 5.24. The molecule has 1 fully saturated rings. The Morgan fingerprint density at radius 2 is 2.20 bits per heavy atom. The summed E-state index contributed by atoms with van der Waals surface area (Å²) in [7, 11) is 1.86. The zero-order valence-electron chi connectivity index (χ0n) is 12.3. The molecule has 1 aromatic carbocycles. The maximum Gasteiger partial charge on any atom is 0.269 e. The van der Waals surface area contributed by atoms with Crippen molar-refractivity contribution in [2.45, 2.75) is 32.7 Å². The van der Waals surface area contributed by atoms with E-state index in [1.807, 2.05) is 7.05 Å². The van der Waals surface area contributed by atoms with Crippen LogP contribution in [0.15, 0.2) is 18.2 Å². The molecule has 110 valence electrons. The second-order valence-electron chi connectivity index (χ2n) is 5.66. The topological polar surface area (TPSA) is 58.4 Å². The van der Waals surface area contributed by atoms with E-state index < -0.39 is 0 Å². The highest BCUT2D eigenvalue weighted by Crippen LogP contribution is 2.25. The van der Waals surface area contributed by atoms with Gasteiger partial charge in [0.2, 0.25) is 0 Å². The average Bonchev–Trinajstić information content (AvgIpc) is 2.63. The van der Waals surface area contributed by atoms with Gasteiger partial charge in [-0.25, -0.2) is 0 Å². The number of hydrogen-bond donors (Lipinski definition) is 1. The number of likely N-dealkylation sites (tertiary alicyclic amines) is 1. The summed E-state index contributed by atoms with van der Waals surface area (Å²) in [5, 5.41) is 14.0. The fourth-order valence-electron chi connectivity index (χ4n) is 2.79. The van der Waals surface area contributed by atoms with Gasteiger partial charge in [-0.05, 0) is 49.9 Å². The van der Waals surface area contributed by atoms with E-state index in [1.165, 1.54) is 19.3 Å². The second-order valence-corrected chi connectivity index (χ2v) is 5.66. The highest BCUT2D eigenvalue weighted by atomic mass is 16.6. The molecular formula is C15H23N3O2. The Morgan fingerprint density at radius 3 is 2.90 bits per heavy atom. The van der Waals surface area contributed by atoms with Crippen LogP contribution in [0.2, 0.25) is 0 Å². The molecule has 1 atom stereocenters. The van der Waals surface area contributed by atoms with Crippen molar-refractivity contribution in [3.63, 3.8) is 0 Å². The van der Waals surface area contributed by atoms with Crippen LogP contribution < -0.4 is 5.32 Å². The molecule has 1 unspecified atom stereocenters. The van der Waals surface area contributed by atoms with E-state index in [2.05, 4.69) is 17.1 Å². The number of nitro groups is 1. The van der Waals surface area contributed by atoms with Crippen LogP contribution in [-0.2, 0) is 6.54 Å². The molecule has 0 amide bonds. The second kappa shape index (κ2) is 6.70. The fraction of sp³-hybridized carbons (Fsp3) is 0.600. The number of non-ortho nitro benzene ring substituents is 1. The quantitative estimate of drug-likeness (QED) is 0.678. The van der Waals surface area contributed by atoms with E-state index in [4.69, 9.17) is 0 Å². The molecule has 1 saturated heterocycles. The molecule has 0 aromatic heterocycles. The lowest BCUT2D eigenvalue weighted by Crippen LogP contribution is -2.24. The molecule has 0 spiro atoms. The predicted octanol–water partition coefficient (Wildman–Crippen LogP) is 3.26. The van der Waals surface area contributed by atoms with Crippen molar-refractivity contribution in [3.8, 4) is 0 Å². The summed E-state index contributed by atoms with van der Waals surface area (Å²) in [5.41, 5.74) is 2.16. The Balaban J connectivity index is 2.14. The zero-order chi connectivity index (χ0) is 14.5. The van der Waals surface area contributed by atoms with Gasteiger partial charge in [0.05, 0.1) is 4.92 Å². The van der Waals surface area contributed by atoms with Crippen LogP contribution in [0.1, 0.15) is 31.7 Å². The minimum absolute atomic E-state index is 0.169. The van der Waals surface area contributed by atoms with E-state index >= 15 is 0 Å². The number of rotatable bonds is 4. The Labute approximate surface area is 120 Å². The molecule has 0 saturated carbocycles. The zero-order valence-corrected chi connectivity index (χ0v) is 12.3. The number of nitrogens with one attached hydrogen (secondary N) is 1. The molecular weight excluding hydrogens is 254 g/mol.